The second-order valence-corrected chi connectivity index (χ2v) is 4.50. The Morgan fingerprint density at radius 2 is 2.38 bits per heavy atom. The Hall–Kier alpha value is -1.53. The van der Waals surface area contributed by atoms with Crippen LogP contribution in [0.1, 0.15) is 18.1 Å². The Morgan fingerprint density at radius 3 is 3.12 bits per heavy atom. The zero-order valence-electron chi connectivity index (χ0n) is 9.61. The third-order valence-electron chi connectivity index (χ3n) is 3.13. The van der Waals surface area contributed by atoms with Gasteiger partial charge in [-0.2, -0.15) is 5.26 Å². The minimum absolute atomic E-state index is 0.0996. The quantitative estimate of drug-likeness (QED) is 0.765. The van der Waals surface area contributed by atoms with E-state index in [1.54, 1.807) is 0 Å². The van der Waals surface area contributed by atoms with Crippen molar-refractivity contribution in [2.75, 3.05) is 18.8 Å². The van der Waals surface area contributed by atoms with Crippen LogP contribution in [0.2, 0.25) is 0 Å². The molecular formula is C13H17N3. The minimum atomic E-state index is 0.0996. The molecule has 84 valence electrons. The van der Waals surface area contributed by atoms with Gasteiger partial charge in [0.1, 0.15) is 0 Å². The van der Waals surface area contributed by atoms with Gasteiger partial charge in [0.2, 0.25) is 0 Å². The average molecular weight is 215 g/mol. The number of hydrogen-bond acceptors (Lipinski definition) is 3. The molecule has 0 amide bonds. The summed E-state index contributed by atoms with van der Waals surface area (Å²) in [5.74, 6) is 0.0996. The van der Waals surface area contributed by atoms with Crippen molar-refractivity contribution < 1.29 is 0 Å². The van der Waals surface area contributed by atoms with Crippen molar-refractivity contribution in [3.8, 4) is 6.07 Å². The summed E-state index contributed by atoms with van der Waals surface area (Å²) in [5, 5.41) is 8.81. The van der Waals surface area contributed by atoms with Gasteiger partial charge in [-0.05, 0) is 30.5 Å². The van der Waals surface area contributed by atoms with Crippen molar-refractivity contribution in [1.29, 1.82) is 5.26 Å². The first-order valence-corrected chi connectivity index (χ1v) is 5.69. The summed E-state index contributed by atoms with van der Waals surface area (Å²) in [4.78, 5) is 2.33. The molecule has 1 atom stereocenters. The van der Waals surface area contributed by atoms with E-state index in [2.05, 4.69) is 17.0 Å². The highest BCUT2D eigenvalue weighted by atomic mass is 15.1. The molecule has 0 aliphatic carbocycles. The van der Waals surface area contributed by atoms with Crippen LogP contribution in [0, 0.1) is 17.2 Å². The number of rotatable bonds is 2. The fraction of sp³-hybridized carbons (Fsp3) is 0.462. The molecule has 1 aromatic carbocycles. The molecule has 0 saturated heterocycles. The van der Waals surface area contributed by atoms with Crippen molar-refractivity contribution in [2.45, 2.75) is 19.9 Å². The van der Waals surface area contributed by atoms with Crippen LogP contribution in [-0.4, -0.2) is 18.0 Å². The fourth-order valence-electron chi connectivity index (χ4n) is 2.28. The van der Waals surface area contributed by atoms with E-state index in [1.807, 2.05) is 19.1 Å². The molecule has 1 aromatic rings. The molecule has 0 spiro atoms. The van der Waals surface area contributed by atoms with Crippen LogP contribution < -0.4 is 5.73 Å². The van der Waals surface area contributed by atoms with Crippen LogP contribution in [0.4, 0.5) is 5.69 Å². The third-order valence-corrected chi connectivity index (χ3v) is 3.13. The Kier molecular flexibility index (Phi) is 3.12. The van der Waals surface area contributed by atoms with E-state index in [1.165, 1.54) is 11.1 Å². The van der Waals surface area contributed by atoms with Crippen LogP contribution >= 0.6 is 0 Å². The molecule has 1 heterocycles. The van der Waals surface area contributed by atoms with Gasteiger partial charge in [0.05, 0.1) is 12.0 Å². The Labute approximate surface area is 96.5 Å². The summed E-state index contributed by atoms with van der Waals surface area (Å²) in [6.07, 6.45) is 1.00. The summed E-state index contributed by atoms with van der Waals surface area (Å²) in [5.41, 5.74) is 9.46. The van der Waals surface area contributed by atoms with E-state index in [-0.39, 0.29) is 5.92 Å². The van der Waals surface area contributed by atoms with Crippen LogP contribution in [0.3, 0.4) is 0 Å². The van der Waals surface area contributed by atoms with Gasteiger partial charge in [-0.25, -0.2) is 0 Å². The average Bonchev–Trinajstić information content (AvgIpc) is 2.29. The summed E-state index contributed by atoms with van der Waals surface area (Å²) in [6.45, 7) is 4.75. The van der Waals surface area contributed by atoms with Crippen LogP contribution in [0.15, 0.2) is 18.2 Å². The van der Waals surface area contributed by atoms with Crippen molar-refractivity contribution in [3.05, 3.63) is 29.3 Å². The highest BCUT2D eigenvalue weighted by molar-refractivity contribution is 5.51. The molecule has 2 rings (SSSR count). The van der Waals surface area contributed by atoms with Gasteiger partial charge in [-0.15, -0.1) is 0 Å². The maximum absolute atomic E-state index is 8.81. The highest BCUT2D eigenvalue weighted by Crippen LogP contribution is 2.24. The van der Waals surface area contributed by atoms with E-state index >= 15 is 0 Å². The number of fused-ring (bicyclic) bond motifs is 1. The molecule has 1 aliphatic rings. The second-order valence-electron chi connectivity index (χ2n) is 4.50. The lowest BCUT2D eigenvalue weighted by molar-refractivity contribution is 0.237. The lowest BCUT2D eigenvalue weighted by atomic mass is 9.97. The van der Waals surface area contributed by atoms with Crippen LogP contribution in [0.25, 0.3) is 0 Å². The molecule has 0 bridgehead atoms. The van der Waals surface area contributed by atoms with E-state index in [9.17, 15) is 0 Å². The zero-order chi connectivity index (χ0) is 11.5. The number of benzene rings is 1. The van der Waals surface area contributed by atoms with Crippen molar-refractivity contribution in [1.82, 2.24) is 4.90 Å². The molecule has 16 heavy (non-hydrogen) atoms. The fourth-order valence-corrected chi connectivity index (χ4v) is 2.28. The maximum Gasteiger partial charge on any atom is 0.0666 e. The van der Waals surface area contributed by atoms with Gasteiger partial charge in [-0.3, -0.25) is 4.90 Å². The largest absolute Gasteiger partial charge is 0.398 e. The van der Waals surface area contributed by atoms with Crippen LogP contribution in [0.5, 0.6) is 0 Å². The molecule has 3 nitrogen and oxygen atoms in total. The van der Waals surface area contributed by atoms with E-state index in [4.69, 9.17) is 11.0 Å². The topological polar surface area (TPSA) is 53.0 Å². The lowest BCUT2D eigenvalue weighted by Crippen LogP contribution is -2.34. The van der Waals surface area contributed by atoms with E-state index in [0.29, 0.717) is 0 Å². The van der Waals surface area contributed by atoms with Gasteiger partial charge in [-0.1, -0.05) is 12.1 Å². The first-order valence-electron chi connectivity index (χ1n) is 5.69. The SMILES string of the molecule is CC(C#N)CN1CCc2c(N)cccc2C1. The van der Waals surface area contributed by atoms with Gasteiger partial charge in [0.15, 0.2) is 0 Å². The van der Waals surface area contributed by atoms with E-state index < -0.39 is 0 Å². The standard InChI is InChI=1S/C13H17N3/c1-10(7-14)8-16-6-5-12-11(9-16)3-2-4-13(12)15/h2-4,10H,5-6,8-9,15H2,1H3. The summed E-state index contributed by atoms with van der Waals surface area (Å²) < 4.78 is 0. The monoisotopic (exact) mass is 215 g/mol. The van der Waals surface area contributed by atoms with Crippen molar-refractivity contribution in [2.24, 2.45) is 5.92 Å². The van der Waals surface area contributed by atoms with E-state index in [0.717, 1.165) is 31.7 Å². The molecule has 0 radical (unpaired) electrons. The second kappa shape index (κ2) is 4.54. The molecule has 1 unspecified atom stereocenters. The molecule has 0 saturated carbocycles. The van der Waals surface area contributed by atoms with Gasteiger partial charge in [0, 0.05) is 25.3 Å². The smallest absolute Gasteiger partial charge is 0.0666 e. The van der Waals surface area contributed by atoms with Gasteiger partial charge in [0.25, 0.3) is 0 Å². The van der Waals surface area contributed by atoms with Crippen molar-refractivity contribution >= 4 is 5.69 Å². The normalized spacial score (nSPS) is 17.5. The number of nitrogens with two attached hydrogens (primary N) is 1. The number of hydrogen-bond donors (Lipinski definition) is 1. The number of nitriles is 1. The lowest BCUT2D eigenvalue weighted by Gasteiger charge is -2.30. The third kappa shape index (κ3) is 2.17. The molecule has 0 aromatic heterocycles. The maximum atomic E-state index is 8.81. The Balaban J connectivity index is 2.10. The summed E-state index contributed by atoms with van der Waals surface area (Å²) in [7, 11) is 0. The zero-order valence-corrected chi connectivity index (χ0v) is 9.61. The first kappa shape index (κ1) is 11.0. The number of nitrogens with zero attached hydrogens (tertiary/aromatic N) is 2. The van der Waals surface area contributed by atoms with Gasteiger partial charge < -0.3 is 5.73 Å². The number of nitrogen functional groups attached to an aromatic ring is 1. The molecule has 0 fully saturated rings. The minimum Gasteiger partial charge on any atom is -0.398 e. The predicted molar refractivity (Wildman–Crippen MR) is 64.6 cm³/mol. The molecule has 3 heteroatoms. The molecular weight excluding hydrogens is 198 g/mol. The first-order chi connectivity index (χ1) is 7.70. The Bertz CT molecular complexity index is 420. The number of anilines is 1. The van der Waals surface area contributed by atoms with Crippen LogP contribution in [-0.2, 0) is 13.0 Å². The summed E-state index contributed by atoms with van der Waals surface area (Å²) in [6, 6.07) is 8.39. The predicted octanol–water partition coefficient (Wildman–Crippen LogP) is 1.79. The van der Waals surface area contributed by atoms with Crippen molar-refractivity contribution in [3.63, 3.8) is 0 Å². The highest BCUT2D eigenvalue weighted by Gasteiger charge is 2.18. The van der Waals surface area contributed by atoms with Gasteiger partial charge >= 0.3 is 0 Å². The molecule has 2 N–H and O–H groups in total. The summed E-state index contributed by atoms with van der Waals surface area (Å²) >= 11 is 0. The molecule has 1 aliphatic heterocycles. The Morgan fingerprint density at radius 1 is 1.56 bits per heavy atom.